The second-order valence-electron chi connectivity index (χ2n) is 6.75. The number of hydrogen-bond acceptors (Lipinski definition) is 1. The minimum atomic E-state index is -1.98. The first-order chi connectivity index (χ1) is 13.7. The van der Waals surface area contributed by atoms with Crippen molar-refractivity contribution in [1.29, 1.82) is 0 Å². The molecule has 0 fully saturated rings. The van der Waals surface area contributed by atoms with Crippen LogP contribution >= 0.6 is 29.9 Å². The van der Waals surface area contributed by atoms with E-state index < -0.39 is 7.26 Å². The lowest BCUT2D eigenvalue weighted by molar-refractivity contribution is -0.00000626. The summed E-state index contributed by atoms with van der Waals surface area (Å²) in [6, 6.07) is 38.3. The molecule has 0 aliphatic heterocycles. The highest BCUT2D eigenvalue weighted by atomic mass is 127. The molecule has 0 saturated heterocycles. The van der Waals surface area contributed by atoms with Gasteiger partial charge in [-0.3, -0.25) is 0 Å². The van der Waals surface area contributed by atoms with Crippen molar-refractivity contribution >= 4 is 45.8 Å². The van der Waals surface area contributed by atoms with Gasteiger partial charge in [0.15, 0.2) is 0 Å². The number of hydrogen-bond donors (Lipinski definition) is 1. The average Bonchev–Trinajstić information content (AvgIpc) is 2.75. The largest absolute Gasteiger partial charge is 1.00 e. The summed E-state index contributed by atoms with van der Waals surface area (Å²) in [6.07, 6.45) is 0.786. The first kappa shape index (κ1) is 22.0. The van der Waals surface area contributed by atoms with Gasteiger partial charge < -0.3 is 22.1 Å². The minimum absolute atomic E-state index is 0. The Morgan fingerprint density at radius 3 is 1.41 bits per heavy atom. The SMILES string of the molecule is Oc1cc(I)ccc1C[P+](c1ccccc1)(c1ccccc1)c1ccccc1.[Br-]. The van der Waals surface area contributed by atoms with Gasteiger partial charge in [-0.05, 0) is 71.1 Å². The number of rotatable bonds is 5. The van der Waals surface area contributed by atoms with Gasteiger partial charge in [-0.15, -0.1) is 0 Å². The van der Waals surface area contributed by atoms with E-state index in [1.165, 1.54) is 15.9 Å². The number of phenolic OH excluding ortho intramolecular Hbond substituents is 1. The lowest BCUT2D eigenvalue weighted by Gasteiger charge is -2.28. The van der Waals surface area contributed by atoms with Gasteiger partial charge in [0.1, 0.15) is 35.1 Å². The van der Waals surface area contributed by atoms with Crippen LogP contribution in [0.25, 0.3) is 0 Å². The lowest BCUT2D eigenvalue weighted by atomic mass is 10.2. The zero-order valence-electron chi connectivity index (χ0n) is 15.7. The molecule has 4 aromatic carbocycles. The lowest BCUT2D eigenvalue weighted by Crippen LogP contribution is -3.00. The third-order valence-corrected chi connectivity index (χ3v) is 10.1. The summed E-state index contributed by atoms with van der Waals surface area (Å²) in [6.45, 7) is 0. The van der Waals surface area contributed by atoms with E-state index in [1.807, 2.05) is 6.07 Å². The van der Waals surface area contributed by atoms with Crippen LogP contribution in [-0.4, -0.2) is 5.11 Å². The summed E-state index contributed by atoms with van der Waals surface area (Å²) in [5.74, 6) is 0.374. The van der Waals surface area contributed by atoms with Gasteiger partial charge in [-0.2, -0.15) is 0 Å². The van der Waals surface area contributed by atoms with Crippen molar-refractivity contribution in [1.82, 2.24) is 0 Å². The van der Waals surface area contributed by atoms with Gasteiger partial charge in [0.25, 0.3) is 0 Å². The Labute approximate surface area is 197 Å². The van der Waals surface area contributed by atoms with Crippen molar-refractivity contribution in [2.24, 2.45) is 0 Å². The topological polar surface area (TPSA) is 20.2 Å². The van der Waals surface area contributed by atoms with Crippen LogP contribution in [0.5, 0.6) is 5.75 Å². The fraction of sp³-hybridized carbons (Fsp3) is 0.0400. The summed E-state index contributed by atoms with van der Waals surface area (Å²) >= 11 is 2.24. The zero-order chi connectivity index (χ0) is 19.4. The van der Waals surface area contributed by atoms with Gasteiger partial charge in [0.05, 0.1) is 0 Å². The van der Waals surface area contributed by atoms with E-state index in [9.17, 15) is 5.11 Å². The molecule has 0 atom stereocenters. The third-order valence-electron chi connectivity index (χ3n) is 5.05. The molecule has 0 aliphatic rings. The summed E-state index contributed by atoms with van der Waals surface area (Å²) in [5, 5.41) is 14.7. The van der Waals surface area contributed by atoms with E-state index in [4.69, 9.17) is 0 Å². The second-order valence-corrected chi connectivity index (χ2v) is 11.5. The molecule has 0 unspecified atom stereocenters. The molecule has 0 bridgehead atoms. The first-order valence-corrected chi connectivity index (χ1v) is 12.3. The Balaban J connectivity index is 0.00000240. The van der Waals surface area contributed by atoms with Crippen LogP contribution in [0, 0.1) is 3.57 Å². The molecular formula is C25H21BrIOP. The predicted molar refractivity (Wildman–Crippen MR) is 130 cm³/mol. The molecule has 0 saturated carbocycles. The average molecular weight is 575 g/mol. The molecule has 0 aromatic heterocycles. The Morgan fingerprint density at radius 1 is 0.621 bits per heavy atom. The Hall–Kier alpha value is -1.68. The third kappa shape index (κ3) is 4.58. The van der Waals surface area contributed by atoms with Crippen molar-refractivity contribution < 1.29 is 22.1 Å². The smallest absolute Gasteiger partial charge is 0.123 e. The molecule has 0 aliphatic carbocycles. The molecule has 0 heterocycles. The first-order valence-electron chi connectivity index (χ1n) is 9.22. The molecule has 4 rings (SSSR count). The monoisotopic (exact) mass is 574 g/mol. The van der Waals surface area contributed by atoms with Gasteiger partial charge >= 0.3 is 0 Å². The molecule has 146 valence electrons. The maximum absolute atomic E-state index is 10.7. The molecule has 4 aromatic rings. The van der Waals surface area contributed by atoms with E-state index in [0.717, 1.165) is 15.3 Å². The molecule has 0 radical (unpaired) electrons. The van der Waals surface area contributed by atoms with E-state index in [-0.39, 0.29) is 17.0 Å². The van der Waals surface area contributed by atoms with Crippen LogP contribution in [0.3, 0.4) is 0 Å². The van der Waals surface area contributed by atoms with Gasteiger partial charge in [-0.25, -0.2) is 0 Å². The normalized spacial score (nSPS) is 10.9. The fourth-order valence-corrected chi connectivity index (χ4v) is 8.43. The molecule has 1 nitrogen and oxygen atoms in total. The Morgan fingerprint density at radius 2 is 1.03 bits per heavy atom. The standard InChI is InChI=1S/C25H20IOP.BrH/c26-21-17-16-20(25(27)18-21)19-28(22-10-4-1-5-11-22,23-12-6-2-7-13-23)24-14-8-3-9-15-24;/h1-18H,19H2;1H. The highest BCUT2D eigenvalue weighted by molar-refractivity contribution is 14.1. The Bertz CT molecular complexity index is 959. The van der Waals surface area contributed by atoms with Gasteiger partial charge in [0, 0.05) is 9.13 Å². The van der Waals surface area contributed by atoms with Crippen molar-refractivity contribution in [2.45, 2.75) is 6.16 Å². The molecular weight excluding hydrogens is 554 g/mol. The van der Waals surface area contributed by atoms with E-state index in [1.54, 1.807) is 0 Å². The number of aromatic hydroxyl groups is 1. The second kappa shape index (κ2) is 9.88. The van der Waals surface area contributed by atoms with Crippen molar-refractivity contribution in [3.63, 3.8) is 0 Å². The summed E-state index contributed by atoms with van der Waals surface area (Å²) in [7, 11) is -1.98. The predicted octanol–water partition coefficient (Wildman–Crippen LogP) is 2.49. The minimum Gasteiger partial charge on any atom is -1.00 e. The van der Waals surface area contributed by atoms with E-state index in [0.29, 0.717) is 5.75 Å². The summed E-state index contributed by atoms with van der Waals surface area (Å²) in [5.41, 5.74) is 0.991. The van der Waals surface area contributed by atoms with Crippen LogP contribution in [0.4, 0.5) is 0 Å². The summed E-state index contributed by atoms with van der Waals surface area (Å²) < 4.78 is 1.04. The zero-order valence-corrected chi connectivity index (χ0v) is 20.4. The van der Waals surface area contributed by atoms with Crippen molar-refractivity contribution in [3.8, 4) is 5.75 Å². The van der Waals surface area contributed by atoms with Crippen LogP contribution in [0.15, 0.2) is 109 Å². The van der Waals surface area contributed by atoms with Gasteiger partial charge in [-0.1, -0.05) is 60.7 Å². The molecule has 4 heteroatoms. The van der Waals surface area contributed by atoms with Crippen LogP contribution in [-0.2, 0) is 6.16 Å². The maximum Gasteiger partial charge on any atom is 0.123 e. The van der Waals surface area contributed by atoms with E-state index >= 15 is 0 Å². The molecule has 0 spiro atoms. The van der Waals surface area contributed by atoms with E-state index in [2.05, 4.69) is 126 Å². The number of halogens is 2. The maximum atomic E-state index is 10.7. The number of benzene rings is 4. The van der Waals surface area contributed by atoms with Crippen LogP contribution in [0.1, 0.15) is 5.56 Å². The molecule has 29 heavy (non-hydrogen) atoms. The highest BCUT2D eigenvalue weighted by Gasteiger charge is 2.45. The number of phenols is 1. The summed E-state index contributed by atoms with van der Waals surface area (Å²) in [4.78, 5) is 0. The molecule has 0 amide bonds. The quantitative estimate of drug-likeness (QED) is 0.287. The Kier molecular flexibility index (Phi) is 7.50. The highest BCUT2D eigenvalue weighted by Crippen LogP contribution is 2.58. The van der Waals surface area contributed by atoms with Crippen LogP contribution < -0.4 is 32.9 Å². The van der Waals surface area contributed by atoms with Crippen LogP contribution in [0.2, 0.25) is 0 Å². The van der Waals surface area contributed by atoms with Gasteiger partial charge in [0.2, 0.25) is 0 Å². The van der Waals surface area contributed by atoms with Crippen molar-refractivity contribution in [3.05, 3.63) is 118 Å². The van der Waals surface area contributed by atoms with Crippen molar-refractivity contribution in [2.75, 3.05) is 0 Å². The fourth-order valence-electron chi connectivity index (χ4n) is 3.69. The molecule has 1 N–H and O–H groups in total.